The summed E-state index contributed by atoms with van der Waals surface area (Å²) in [5.41, 5.74) is -0.106. The fraction of sp³-hybridized carbons (Fsp3) is 0.222. The van der Waals surface area contributed by atoms with Gasteiger partial charge in [-0.15, -0.1) is 5.52 Å². The van der Waals surface area contributed by atoms with Crippen molar-refractivity contribution in [3.63, 3.8) is 0 Å². The Morgan fingerprint density at radius 3 is 2.82 bits per heavy atom. The Balaban J connectivity index is 0.00000144. The second-order valence-corrected chi connectivity index (χ2v) is 3.15. The predicted octanol–water partition coefficient (Wildman–Crippen LogP) is 1.48. The van der Waals surface area contributed by atoms with Crippen LogP contribution in [0.1, 0.15) is 19.0 Å². The molecule has 0 bridgehead atoms. The van der Waals surface area contributed by atoms with Crippen molar-refractivity contribution < 1.29 is 33.7 Å². The quantitative estimate of drug-likeness (QED) is 0.804. The molecule has 17 heavy (non-hydrogen) atoms. The number of hydrogen-bond donors (Lipinski definition) is 1. The number of rotatable bonds is 2. The van der Waals surface area contributed by atoms with Gasteiger partial charge in [0.25, 0.3) is 6.43 Å². The monoisotopic (exact) mass is 418 g/mol. The molecule has 2 heterocycles. The van der Waals surface area contributed by atoms with Crippen molar-refractivity contribution in [1.82, 2.24) is 15.2 Å². The zero-order valence-corrected chi connectivity index (χ0v) is 11.0. The van der Waals surface area contributed by atoms with E-state index < -0.39 is 12.1 Å². The maximum atomic E-state index is 12.4. The first kappa shape index (κ1) is 13.7. The molecular formula is C9H7F2IrN4O-. The van der Waals surface area contributed by atoms with E-state index in [-0.39, 0.29) is 42.7 Å². The maximum absolute atomic E-state index is 12.4. The summed E-state index contributed by atoms with van der Waals surface area (Å²) in [5.74, 6) is -0.0267. The number of alkyl halides is 2. The molecule has 0 aromatic carbocycles. The second kappa shape index (κ2) is 5.29. The summed E-state index contributed by atoms with van der Waals surface area (Å²) in [7, 11) is 0. The summed E-state index contributed by atoms with van der Waals surface area (Å²) >= 11 is 0. The molecule has 1 amide bonds. The topological polar surface area (TPSA) is 69.0 Å². The summed E-state index contributed by atoms with van der Waals surface area (Å²) in [4.78, 5) is 14.6. The van der Waals surface area contributed by atoms with Crippen molar-refractivity contribution in [2.45, 2.75) is 13.3 Å². The Labute approximate surface area is 108 Å². The van der Waals surface area contributed by atoms with Crippen LogP contribution in [0.2, 0.25) is 0 Å². The molecule has 1 N–H and O–H groups in total. The standard InChI is InChI=1S/C9H8F2N4O.Ir/c1-4(16)13-7-2-6-5(3-12-7)8(9(10)11)15-14-6;/h2-3,9H,1H3,(H2,12,13,14,15,16);/p-1. The Bertz CT molecular complexity index is 543. The molecule has 0 aliphatic rings. The third-order valence-corrected chi connectivity index (χ3v) is 1.93. The van der Waals surface area contributed by atoms with E-state index in [4.69, 9.17) is 0 Å². The van der Waals surface area contributed by atoms with Crippen molar-refractivity contribution in [1.29, 1.82) is 0 Å². The van der Waals surface area contributed by atoms with E-state index in [1.54, 1.807) is 0 Å². The Kier molecular flexibility index (Phi) is 4.25. The predicted molar refractivity (Wildman–Crippen MR) is 52.1 cm³/mol. The van der Waals surface area contributed by atoms with Gasteiger partial charge >= 0.3 is 0 Å². The van der Waals surface area contributed by atoms with E-state index in [1.807, 2.05) is 0 Å². The van der Waals surface area contributed by atoms with Crippen LogP contribution in [0.4, 0.5) is 14.6 Å². The minimum atomic E-state index is -2.68. The molecule has 0 atom stereocenters. The van der Waals surface area contributed by atoms with Gasteiger partial charge in [0, 0.05) is 38.6 Å². The maximum Gasteiger partial charge on any atom is 0.279 e. The number of hydrogen-bond acceptors (Lipinski definition) is 3. The van der Waals surface area contributed by atoms with Crippen molar-refractivity contribution in [2.75, 3.05) is 5.32 Å². The van der Waals surface area contributed by atoms with Crippen molar-refractivity contribution in [2.24, 2.45) is 0 Å². The number of nitrogens with one attached hydrogen (secondary N) is 1. The fourth-order valence-corrected chi connectivity index (χ4v) is 1.30. The first-order valence-corrected chi connectivity index (χ1v) is 4.42. The smallest absolute Gasteiger partial charge is 0.279 e. The first-order chi connectivity index (χ1) is 7.58. The molecular weight excluding hydrogens is 410 g/mol. The van der Waals surface area contributed by atoms with Crippen LogP contribution >= 0.6 is 0 Å². The SMILES string of the molecule is CC(=O)Nc1cc2[n-]nc(C(F)F)c2cn1.[Ir]. The summed E-state index contributed by atoms with van der Waals surface area (Å²) < 4.78 is 24.9. The third kappa shape index (κ3) is 2.83. The molecule has 2 aromatic rings. The van der Waals surface area contributed by atoms with E-state index in [1.165, 1.54) is 19.2 Å². The molecule has 93 valence electrons. The molecule has 0 unspecified atom stereocenters. The van der Waals surface area contributed by atoms with Gasteiger partial charge in [-0.1, -0.05) is 0 Å². The van der Waals surface area contributed by atoms with Crippen molar-refractivity contribution >= 4 is 22.6 Å². The second-order valence-electron chi connectivity index (χ2n) is 3.15. The largest absolute Gasteiger partial charge is 0.574 e. The molecule has 1 radical (unpaired) electrons. The van der Waals surface area contributed by atoms with Gasteiger partial charge in [0.15, 0.2) is 0 Å². The van der Waals surface area contributed by atoms with Gasteiger partial charge < -0.3 is 15.5 Å². The van der Waals surface area contributed by atoms with Crippen LogP contribution in [-0.4, -0.2) is 16.0 Å². The molecule has 0 spiro atoms. The van der Waals surface area contributed by atoms with Gasteiger partial charge in [-0.05, 0) is 6.07 Å². The van der Waals surface area contributed by atoms with Crippen LogP contribution in [0.3, 0.4) is 0 Å². The summed E-state index contributed by atoms with van der Waals surface area (Å²) in [6.07, 6.45) is -1.46. The van der Waals surface area contributed by atoms with Crippen LogP contribution in [0.5, 0.6) is 0 Å². The summed E-state index contributed by atoms with van der Waals surface area (Å²) in [6.45, 7) is 1.33. The molecule has 0 saturated carbocycles. The molecule has 0 aliphatic heterocycles. The molecule has 0 saturated heterocycles. The van der Waals surface area contributed by atoms with E-state index >= 15 is 0 Å². The number of anilines is 1. The van der Waals surface area contributed by atoms with Gasteiger partial charge in [0.2, 0.25) is 5.91 Å². The zero-order valence-electron chi connectivity index (χ0n) is 8.57. The zero-order chi connectivity index (χ0) is 11.7. The van der Waals surface area contributed by atoms with E-state index in [0.29, 0.717) is 0 Å². The molecule has 5 nitrogen and oxygen atoms in total. The van der Waals surface area contributed by atoms with Crippen LogP contribution in [0, 0.1) is 0 Å². The van der Waals surface area contributed by atoms with Gasteiger partial charge in [-0.25, -0.2) is 13.8 Å². The molecule has 0 aliphatic carbocycles. The average Bonchev–Trinajstić information content (AvgIpc) is 2.59. The van der Waals surface area contributed by atoms with Crippen LogP contribution in [0.15, 0.2) is 12.3 Å². The van der Waals surface area contributed by atoms with Crippen LogP contribution in [0.25, 0.3) is 10.9 Å². The third-order valence-electron chi connectivity index (χ3n) is 1.93. The van der Waals surface area contributed by atoms with Crippen LogP contribution in [-0.2, 0) is 24.9 Å². The summed E-state index contributed by atoms with van der Waals surface area (Å²) in [6, 6.07) is 1.40. The Morgan fingerprint density at radius 2 is 2.24 bits per heavy atom. The summed E-state index contributed by atoms with van der Waals surface area (Å²) in [5, 5.41) is 9.58. The number of aromatic nitrogens is 3. The minimum Gasteiger partial charge on any atom is -0.574 e. The van der Waals surface area contributed by atoms with Gasteiger partial charge in [-0.3, -0.25) is 4.79 Å². The number of nitrogens with zero attached hydrogens (tertiary/aromatic N) is 3. The van der Waals surface area contributed by atoms with E-state index in [9.17, 15) is 13.6 Å². The van der Waals surface area contributed by atoms with E-state index in [0.717, 1.165) is 0 Å². The van der Waals surface area contributed by atoms with Crippen molar-refractivity contribution in [3.8, 4) is 0 Å². The number of carbonyl (C=O) groups excluding carboxylic acids is 1. The van der Waals surface area contributed by atoms with Gasteiger partial charge in [0.05, 0.1) is 5.69 Å². The molecule has 0 fully saturated rings. The number of amides is 1. The number of pyridine rings is 1. The molecule has 2 rings (SSSR count). The molecule has 8 heteroatoms. The average molecular weight is 417 g/mol. The number of fused-ring (bicyclic) bond motifs is 1. The Morgan fingerprint density at radius 1 is 1.53 bits per heavy atom. The Hall–Kier alpha value is -1.40. The molecule has 2 aromatic heterocycles. The fourth-order valence-electron chi connectivity index (χ4n) is 1.30. The minimum absolute atomic E-state index is 0. The van der Waals surface area contributed by atoms with E-state index in [2.05, 4.69) is 20.5 Å². The van der Waals surface area contributed by atoms with Crippen molar-refractivity contribution in [3.05, 3.63) is 18.0 Å². The normalized spacial score (nSPS) is 10.4. The van der Waals surface area contributed by atoms with Gasteiger partial charge in [0.1, 0.15) is 5.82 Å². The number of halogens is 2. The van der Waals surface area contributed by atoms with Crippen LogP contribution < -0.4 is 10.4 Å². The van der Waals surface area contributed by atoms with Gasteiger partial charge in [-0.2, -0.15) is 0 Å². The number of carbonyl (C=O) groups is 1. The first-order valence-electron chi connectivity index (χ1n) is 4.42.